The Hall–Kier alpha value is -1.97. The lowest BCUT2D eigenvalue weighted by Gasteiger charge is -2.03. The Morgan fingerprint density at radius 3 is 2.88 bits per heavy atom. The van der Waals surface area contributed by atoms with Crippen molar-refractivity contribution in [3.63, 3.8) is 0 Å². The highest BCUT2D eigenvalue weighted by atomic mass is 16.5. The van der Waals surface area contributed by atoms with E-state index in [2.05, 4.69) is 9.72 Å². The number of rotatable bonds is 4. The molecule has 0 N–H and O–H groups in total. The van der Waals surface area contributed by atoms with Gasteiger partial charge in [-0.15, -0.1) is 0 Å². The van der Waals surface area contributed by atoms with Crippen LogP contribution in [0.15, 0.2) is 18.3 Å². The number of methoxy groups -OCH3 is 1. The standard InChI is InChI=1S/C12H13NO3/c1-9-7-10(5-3-4-6-14)8-13-11(9)12(15)16-2/h3,5-8H,4H2,1-2H3. The first-order chi connectivity index (χ1) is 7.69. The van der Waals surface area contributed by atoms with Gasteiger partial charge in [0.25, 0.3) is 0 Å². The van der Waals surface area contributed by atoms with Gasteiger partial charge in [-0.1, -0.05) is 12.2 Å². The van der Waals surface area contributed by atoms with E-state index in [-0.39, 0.29) is 0 Å². The first kappa shape index (κ1) is 12.1. The number of carbonyl (C=O) groups excluding carboxylic acids is 2. The molecule has 1 aromatic heterocycles. The molecule has 1 aromatic rings. The second-order valence-electron chi connectivity index (χ2n) is 3.23. The molecule has 16 heavy (non-hydrogen) atoms. The Balaban J connectivity index is 2.90. The molecule has 4 heteroatoms. The molecule has 0 saturated carbocycles. The molecule has 0 saturated heterocycles. The van der Waals surface area contributed by atoms with Crippen LogP contribution in [0.4, 0.5) is 0 Å². The Morgan fingerprint density at radius 1 is 1.56 bits per heavy atom. The summed E-state index contributed by atoms with van der Waals surface area (Å²) in [4.78, 5) is 25.4. The summed E-state index contributed by atoms with van der Waals surface area (Å²) >= 11 is 0. The zero-order valence-electron chi connectivity index (χ0n) is 9.27. The Labute approximate surface area is 94.0 Å². The molecule has 0 aliphatic rings. The van der Waals surface area contributed by atoms with Crippen LogP contribution in [0.25, 0.3) is 6.08 Å². The van der Waals surface area contributed by atoms with E-state index in [1.165, 1.54) is 7.11 Å². The van der Waals surface area contributed by atoms with Gasteiger partial charge in [0.05, 0.1) is 7.11 Å². The summed E-state index contributed by atoms with van der Waals surface area (Å²) in [6.45, 7) is 1.79. The van der Waals surface area contributed by atoms with E-state index < -0.39 is 5.97 Å². The number of carbonyl (C=O) groups is 2. The van der Waals surface area contributed by atoms with Gasteiger partial charge in [0.2, 0.25) is 0 Å². The topological polar surface area (TPSA) is 56.3 Å². The van der Waals surface area contributed by atoms with Gasteiger partial charge in [-0.05, 0) is 24.1 Å². The van der Waals surface area contributed by atoms with Gasteiger partial charge in [0.1, 0.15) is 6.29 Å². The number of allylic oxidation sites excluding steroid dienone is 1. The number of ether oxygens (including phenoxy) is 1. The molecular weight excluding hydrogens is 206 g/mol. The van der Waals surface area contributed by atoms with Gasteiger partial charge >= 0.3 is 5.97 Å². The van der Waals surface area contributed by atoms with Crippen LogP contribution in [0.2, 0.25) is 0 Å². The zero-order chi connectivity index (χ0) is 12.0. The average Bonchev–Trinajstić information content (AvgIpc) is 2.29. The number of aromatic nitrogens is 1. The summed E-state index contributed by atoms with van der Waals surface area (Å²) in [6, 6.07) is 1.82. The molecule has 0 spiro atoms. The van der Waals surface area contributed by atoms with Gasteiger partial charge in [-0.3, -0.25) is 0 Å². The molecular formula is C12H13NO3. The van der Waals surface area contributed by atoms with Crippen LogP contribution in [0.5, 0.6) is 0 Å². The number of aryl methyl sites for hydroxylation is 1. The van der Waals surface area contributed by atoms with Crippen LogP contribution in [0.1, 0.15) is 28.0 Å². The van der Waals surface area contributed by atoms with Crippen LogP contribution in [0, 0.1) is 6.92 Å². The third kappa shape index (κ3) is 3.02. The highest BCUT2D eigenvalue weighted by Crippen LogP contribution is 2.10. The summed E-state index contributed by atoms with van der Waals surface area (Å²) < 4.78 is 4.59. The number of nitrogens with zero attached hydrogens (tertiary/aromatic N) is 1. The quantitative estimate of drug-likeness (QED) is 0.572. The van der Waals surface area contributed by atoms with Gasteiger partial charge in [-0.2, -0.15) is 0 Å². The van der Waals surface area contributed by atoms with Crippen LogP contribution in [-0.2, 0) is 9.53 Å². The number of esters is 1. The Bertz CT molecular complexity index is 424. The van der Waals surface area contributed by atoms with Gasteiger partial charge in [-0.25, -0.2) is 9.78 Å². The number of hydrogen-bond acceptors (Lipinski definition) is 4. The van der Waals surface area contributed by atoms with Crippen molar-refractivity contribution >= 4 is 18.3 Å². The minimum Gasteiger partial charge on any atom is -0.464 e. The SMILES string of the molecule is COC(=O)c1ncc(C=CCC=O)cc1C. The van der Waals surface area contributed by atoms with Crippen molar-refractivity contribution in [3.8, 4) is 0 Å². The lowest BCUT2D eigenvalue weighted by atomic mass is 10.1. The van der Waals surface area contributed by atoms with Crippen molar-refractivity contribution < 1.29 is 14.3 Å². The van der Waals surface area contributed by atoms with Gasteiger partial charge < -0.3 is 9.53 Å². The molecule has 0 unspecified atom stereocenters. The van der Waals surface area contributed by atoms with E-state index in [4.69, 9.17) is 0 Å². The molecule has 0 aromatic carbocycles. The maximum Gasteiger partial charge on any atom is 0.356 e. The predicted octanol–water partition coefficient (Wildman–Crippen LogP) is 1.78. The summed E-state index contributed by atoms with van der Waals surface area (Å²) in [5.41, 5.74) is 1.92. The summed E-state index contributed by atoms with van der Waals surface area (Å²) in [5.74, 6) is -0.444. The van der Waals surface area contributed by atoms with Crippen molar-refractivity contribution in [2.24, 2.45) is 0 Å². The molecule has 0 radical (unpaired) electrons. The third-order valence-corrected chi connectivity index (χ3v) is 2.02. The molecule has 0 fully saturated rings. The van der Waals surface area contributed by atoms with E-state index >= 15 is 0 Å². The second kappa shape index (κ2) is 5.80. The maximum absolute atomic E-state index is 11.3. The normalized spacial score (nSPS) is 10.4. The number of hydrogen-bond donors (Lipinski definition) is 0. The summed E-state index contributed by atoms with van der Waals surface area (Å²) in [5, 5.41) is 0. The lowest BCUT2D eigenvalue weighted by Crippen LogP contribution is -2.06. The molecule has 0 amide bonds. The lowest BCUT2D eigenvalue weighted by molar-refractivity contribution is -0.107. The molecule has 0 aliphatic heterocycles. The number of pyridine rings is 1. The smallest absolute Gasteiger partial charge is 0.356 e. The molecule has 0 bridgehead atoms. The van der Waals surface area contributed by atoms with E-state index in [0.29, 0.717) is 12.1 Å². The molecule has 1 heterocycles. The molecule has 84 valence electrons. The first-order valence-corrected chi connectivity index (χ1v) is 4.84. The molecule has 0 atom stereocenters. The second-order valence-corrected chi connectivity index (χ2v) is 3.23. The van der Waals surface area contributed by atoms with Crippen molar-refractivity contribution in [1.29, 1.82) is 0 Å². The van der Waals surface area contributed by atoms with Crippen LogP contribution in [-0.4, -0.2) is 24.3 Å². The zero-order valence-corrected chi connectivity index (χ0v) is 9.27. The van der Waals surface area contributed by atoms with Crippen LogP contribution >= 0.6 is 0 Å². The molecule has 1 rings (SSSR count). The Kier molecular flexibility index (Phi) is 4.39. The van der Waals surface area contributed by atoms with Crippen LogP contribution < -0.4 is 0 Å². The Morgan fingerprint density at radius 2 is 2.31 bits per heavy atom. The van der Waals surface area contributed by atoms with Gasteiger partial charge in [0, 0.05) is 12.6 Å². The summed E-state index contributed by atoms with van der Waals surface area (Å²) in [6.07, 6.45) is 6.29. The monoisotopic (exact) mass is 219 g/mol. The van der Waals surface area contributed by atoms with Crippen molar-refractivity contribution in [2.45, 2.75) is 13.3 Å². The number of aldehydes is 1. The largest absolute Gasteiger partial charge is 0.464 e. The fourth-order valence-corrected chi connectivity index (χ4v) is 1.26. The van der Waals surface area contributed by atoms with Gasteiger partial charge in [0.15, 0.2) is 5.69 Å². The fraction of sp³-hybridized carbons (Fsp3) is 0.250. The van der Waals surface area contributed by atoms with E-state index in [9.17, 15) is 9.59 Å². The average molecular weight is 219 g/mol. The maximum atomic E-state index is 11.3. The minimum atomic E-state index is -0.444. The first-order valence-electron chi connectivity index (χ1n) is 4.84. The van der Waals surface area contributed by atoms with Crippen molar-refractivity contribution in [3.05, 3.63) is 35.2 Å². The molecule has 0 aliphatic carbocycles. The molecule has 4 nitrogen and oxygen atoms in total. The van der Waals surface area contributed by atoms with Crippen LogP contribution in [0.3, 0.4) is 0 Å². The minimum absolute atomic E-state index is 0.315. The van der Waals surface area contributed by atoms with E-state index in [1.54, 1.807) is 25.3 Å². The van der Waals surface area contributed by atoms with Crippen molar-refractivity contribution in [2.75, 3.05) is 7.11 Å². The van der Waals surface area contributed by atoms with Crippen molar-refractivity contribution in [1.82, 2.24) is 4.98 Å². The highest BCUT2D eigenvalue weighted by Gasteiger charge is 2.10. The van der Waals surface area contributed by atoms with E-state index in [0.717, 1.165) is 17.4 Å². The third-order valence-electron chi connectivity index (χ3n) is 2.02. The van der Waals surface area contributed by atoms with E-state index in [1.807, 2.05) is 6.07 Å². The predicted molar refractivity (Wildman–Crippen MR) is 60.0 cm³/mol. The highest BCUT2D eigenvalue weighted by molar-refractivity contribution is 5.88. The fourth-order valence-electron chi connectivity index (χ4n) is 1.26. The summed E-state index contributed by atoms with van der Waals surface area (Å²) in [7, 11) is 1.32.